The summed E-state index contributed by atoms with van der Waals surface area (Å²) < 4.78 is 0. The summed E-state index contributed by atoms with van der Waals surface area (Å²) in [4.78, 5) is 2.56. The maximum absolute atomic E-state index is 9.46. The fourth-order valence-electron chi connectivity index (χ4n) is 3.08. The topological polar surface area (TPSA) is 35.5 Å². The molecule has 0 amide bonds. The van der Waals surface area contributed by atoms with E-state index in [0.29, 0.717) is 12.6 Å². The van der Waals surface area contributed by atoms with Gasteiger partial charge in [-0.25, -0.2) is 0 Å². The molecular formula is C13H26N2O. The highest BCUT2D eigenvalue weighted by Crippen LogP contribution is 2.20. The number of aliphatic hydroxyl groups excluding tert-OH is 1. The lowest BCUT2D eigenvalue weighted by molar-refractivity contribution is 0.102. The number of rotatable bonds is 3. The molecule has 16 heavy (non-hydrogen) atoms. The van der Waals surface area contributed by atoms with Crippen molar-refractivity contribution in [1.29, 1.82) is 0 Å². The molecule has 0 aromatic heterocycles. The van der Waals surface area contributed by atoms with E-state index in [1.807, 2.05) is 0 Å². The molecule has 2 saturated heterocycles. The number of likely N-dealkylation sites (tertiary alicyclic amines) is 1. The van der Waals surface area contributed by atoms with Gasteiger partial charge in [0.25, 0.3) is 0 Å². The average molecular weight is 226 g/mol. The van der Waals surface area contributed by atoms with Gasteiger partial charge in [0.15, 0.2) is 0 Å². The molecular weight excluding hydrogens is 200 g/mol. The highest BCUT2D eigenvalue weighted by atomic mass is 16.3. The lowest BCUT2D eigenvalue weighted by Crippen LogP contribution is -2.42. The molecule has 0 aromatic carbocycles. The second kappa shape index (κ2) is 6.58. The zero-order chi connectivity index (χ0) is 11.2. The lowest BCUT2D eigenvalue weighted by atomic mass is 9.96. The first kappa shape index (κ1) is 12.3. The van der Waals surface area contributed by atoms with Crippen LogP contribution in [0.2, 0.25) is 0 Å². The smallest absolute Gasteiger partial charge is 0.0586 e. The molecule has 0 aliphatic carbocycles. The Morgan fingerprint density at radius 3 is 2.62 bits per heavy atom. The first-order chi connectivity index (χ1) is 7.90. The van der Waals surface area contributed by atoms with Gasteiger partial charge < -0.3 is 10.4 Å². The molecule has 3 heteroatoms. The third kappa shape index (κ3) is 3.44. The molecule has 1 unspecified atom stereocenters. The number of hydrogen-bond donors (Lipinski definition) is 2. The Hall–Kier alpha value is -0.120. The Balaban J connectivity index is 1.83. The largest absolute Gasteiger partial charge is 0.395 e. The molecule has 1 atom stereocenters. The van der Waals surface area contributed by atoms with Crippen molar-refractivity contribution in [3.63, 3.8) is 0 Å². The number of nitrogens with zero attached hydrogens (tertiary/aromatic N) is 1. The van der Waals surface area contributed by atoms with Crippen LogP contribution in [0, 0.1) is 5.92 Å². The molecule has 2 rings (SSSR count). The van der Waals surface area contributed by atoms with E-state index in [1.165, 1.54) is 64.7 Å². The standard InChI is InChI=1S/C13H26N2O/c16-11-13-4-2-1-3-9-15(13)10-12-5-7-14-8-6-12/h12-14,16H,1-11H2. The molecule has 0 radical (unpaired) electrons. The Kier molecular flexibility index (Phi) is 5.07. The van der Waals surface area contributed by atoms with E-state index in [2.05, 4.69) is 10.2 Å². The van der Waals surface area contributed by atoms with Gasteiger partial charge in [-0.05, 0) is 51.2 Å². The molecule has 0 saturated carbocycles. The van der Waals surface area contributed by atoms with Gasteiger partial charge in [-0.1, -0.05) is 12.8 Å². The number of nitrogens with one attached hydrogen (secondary N) is 1. The maximum Gasteiger partial charge on any atom is 0.0586 e. The van der Waals surface area contributed by atoms with Gasteiger partial charge in [0, 0.05) is 12.6 Å². The first-order valence-corrected chi connectivity index (χ1v) is 6.96. The first-order valence-electron chi connectivity index (χ1n) is 6.96. The Bertz CT molecular complexity index is 192. The highest BCUT2D eigenvalue weighted by molar-refractivity contribution is 4.79. The van der Waals surface area contributed by atoms with E-state index < -0.39 is 0 Å². The summed E-state index contributed by atoms with van der Waals surface area (Å²) in [5.74, 6) is 0.855. The van der Waals surface area contributed by atoms with Gasteiger partial charge >= 0.3 is 0 Å². The molecule has 2 aliphatic rings. The summed E-state index contributed by atoms with van der Waals surface area (Å²) in [6, 6.07) is 0.442. The number of hydrogen-bond acceptors (Lipinski definition) is 3. The van der Waals surface area contributed by atoms with E-state index in [4.69, 9.17) is 0 Å². The van der Waals surface area contributed by atoms with Gasteiger partial charge in [0.1, 0.15) is 0 Å². The molecule has 94 valence electrons. The highest BCUT2D eigenvalue weighted by Gasteiger charge is 2.23. The van der Waals surface area contributed by atoms with Crippen LogP contribution in [0.5, 0.6) is 0 Å². The fourth-order valence-corrected chi connectivity index (χ4v) is 3.08. The van der Waals surface area contributed by atoms with Gasteiger partial charge in [-0.15, -0.1) is 0 Å². The predicted molar refractivity (Wildman–Crippen MR) is 66.5 cm³/mol. The van der Waals surface area contributed by atoms with Gasteiger partial charge in [0.05, 0.1) is 6.61 Å². The van der Waals surface area contributed by atoms with Gasteiger partial charge in [-0.3, -0.25) is 4.90 Å². The monoisotopic (exact) mass is 226 g/mol. The summed E-state index contributed by atoms with van der Waals surface area (Å²) in [6.45, 7) is 5.14. The van der Waals surface area contributed by atoms with Crippen molar-refractivity contribution < 1.29 is 5.11 Å². The Labute approximate surface area is 99.2 Å². The maximum atomic E-state index is 9.46. The second-order valence-corrected chi connectivity index (χ2v) is 5.37. The molecule has 2 N–H and O–H groups in total. The summed E-state index contributed by atoms with van der Waals surface area (Å²) in [6.07, 6.45) is 7.79. The van der Waals surface area contributed by atoms with Crippen molar-refractivity contribution >= 4 is 0 Å². The molecule has 2 heterocycles. The summed E-state index contributed by atoms with van der Waals surface area (Å²) in [5.41, 5.74) is 0. The van der Waals surface area contributed by atoms with Crippen LogP contribution in [0.25, 0.3) is 0 Å². The SMILES string of the molecule is OCC1CCCCCN1CC1CCNCC1. The molecule has 2 aliphatic heterocycles. The number of aliphatic hydroxyl groups is 1. The quantitative estimate of drug-likeness (QED) is 0.759. The normalized spacial score (nSPS) is 30.2. The van der Waals surface area contributed by atoms with Crippen molar-refractivity contribution in [2.45, 2.75) is 44.6 Å². The van der Waals surface area contributed by atoms with Crippen molar-refractivity contribution in [3.05, 3.63) is 0 Å². The van der Waals surface area contributed by atoms with Crippen LogP contribution in [-0.4, -0.2) is 48.8 Å². The van der Waals surface area contributed by atoms with Crippen LogP contribution in [-0.2, 0) is 0 Å². The molecule has 0 aromatic rings. The van der Waals surface area contributed by atoms with Crippen LogP contribution in [0.4, 0.5) is 0 Å². The van der Waals surface area contributed by atoms with E-state index in [0.717, 1.165) is 5.92 Å². The summed E-state index contributed by atoms with van der Waals surface area (Å²) in [7, 11) is 0. The van der Waals surface area contributed by atoms with E-state index in [9.17, 15) is 5.11 Å². The van der Waals surface area contributed by atoms with Crippen LogP contribution < -0.4 is 5.32 Å². The molecule has 0 spiro atoms. The van der Waals surface area contributed by atoms with Crippen molar-refractivity contribution in [1.82, 2.24) is 10.2 Å². The van der Waals surface area contributed by atoms with Crippen molar-refractivity contribution in [2.24, 2.45) is 5.92 Å². The minimum absolute atomic E-state index is 0.352. The molecule has 3 nitrogen and oxygen atoms in total. The molecule has 2 fully saturated rings. The van der Waals surface area contributed by atoms with Crippen LogP contribution in [0.1, 0.15) is 38.5 Å². The van der Waals surface area contributed by atoms with E-state index in [1.54, 1.807) is 0 Å². The van der Waals surface area contributed by atoms with Crippen LogP contribution >= 0.6 is 0 Å². The number of piperidine rings is 1. The third-order valence-corrected chi connectivity index (χ3v) is 4.16. The predicted octanol–water partition coefficient (Wildman–Crippen LogP) is 1.22. The van der Waals surface area contributed by atoms with Crippen molar-refractivity contribution in [3.8, 4) is 0 Å². The third-order valence-electron chi connectivity index (χ3n) is 4.16. The van der Waals surface area contributed by atoms with Gasteiger partial charge in [0.2, 0.25) is 0 Å². The summed E-state index contributed by atoms with van der Waals surface area (Å²) >= 11 is 0. The van der Waals surface area contributed by atoms with Gasteiger partial charge in [-0.2, -0.15) is 0 Å². The Morgan fingerprint density at radius 2 is 1.88 bits per heavy atom. The zero-order valence-electron chi connectivity index (χ0n) is 10.3. The average Bonchev–Trinajstić information content (AvgIpc) is 2.55. The Morgan fingerprint density at radius 1 is 1.06 bits per heavy atom. The van der Waals surface area contributed by atoms with E-state index in [-0.39, 0.29) is 0 Å². The lowest BCUT2D eigenvalue weighted by Gasteiger charge is -2.33. The zero-order valence-corrected chi connectivity index (χ0v) is 10.3. The minimum Gasteiger partial charge on any atom is -0.395 e. The second-order valence-electron chi connectivity index (χ2n) is 5.37. The minimum atomic E-state index is 0.352. The van der Waals surface area contributed by atoms with Crippen LogP contribution in [0.15, 0.2) is 0 Å². The van der Waals surface area contributed by atoms with Crippen LogP contribution in [0.3, 0.4) is 0 Å². The van der Waals surface area contributed by atoms with E-state index >= 15 is 0 Å². The fraction of sp³-hybridized carbons (Fsp3) is 1.00. The summed E-state index contributed by atoms with van der Waals surface area (Å²) in [5, 5.41) is 12.9. The molecule has 0 bridgehead atoms. The van der Waals surface area contributed by atoms with Crippen molar-refractivity contribution in [2.75, 3.05) is 32.8 Å².